The van der Waals surface area contributed by atoms with Crippen molar-refractivity contribution in [2.24, 2.45) is 0 Å². The van der Waals surface area contributed by atoms with E-state index in [1.807, 2.05) is 35.8 Å². The van der Waals surface area contributed by atoms with Gasteiger partial charge in [-0.25, -0.2) is 9.50 Å². The molecular weight excluding hydrogens is 346 g/mol. The van der Waals surface area contributed by atoms with Crippen molar-refractivity contribution >= 4 is 23.0 Å². The first-order chi connectivity index (χ1) is 12.8. The maximum absolute atomic E-state index is 12.3. The third-order valence-electron chi connectivity index (χ3n) is 4.12. The summed E-state index contributed by atoms with van der Waals surface area (Å²) < 4.78 is 1.66. The average Bonchev–Trinajstić information content (AvgIpc) is 3.36. The number of nitrogens with zero attached hydrogens (tertiary/aromatic N) is 4. The van der Waals surface area contributed by atoms with E-state index in [2.05, 4.69) is 31.8 Å². The van der Waals surface area contributed by atoms with Gasteiger partial charge in [0.25, 0.3) is 11.7 Å². The zero-order valence-corrected chi connectivity index (χ0v) is 14.8. The molecule has 3 aromatic heterocycles. The third kappa shape index (κ3) is 3.62. The molecule has 4 rings (SSSR count). The number of aryl methyl sites for hydroxylation is 1. The van der Waals surface area contributed by atoms with Crippen molar-refractivity contribution in [1.82, 2.24) is 24.9 Å². The molecule has 3 heterocycles. The number of thiophene rings is 1. The van der Waals surface area contributed by atoms with Gasteiger partial charge in [-0.05, 0) is 58.5 Å². The molecule has 0 fully saturated rings. The Bertz CT molecular complexity index is 1010. The van der Waals surface area contributed by atoms with Crippen LogP contribution in [-0.2, 0) is 6.42 Å². The van der Waals surface area contributed by atoms with Gasteiger partial charge in [0.15, 0.2) is 0 Å². The molecule has 0 spiro atoms. The van der Waals surface area contributed by atoms with Crippen LogP contribution in [-0.4, -0.2) is 32.0 Å². The summed E-state index contributed by atoms with van der Waals surface area (Å²) in [4.78, 5) is 20.5. The fourth-order valence-corrected chi connectivity index (χ4v) is 3.39. The Balaban J connectivity index is 1.28. The summed E-state index contributed by atoms with van der Waals surface area (Å²) in [6, 6.07) is 9.77. The summed E-state index contributed by atoms with van der Waals surface area (Å²) in [6.07, 6.45) is 6.85. The number of carbonyl (C=O) groups is 1. The van der Waals surface area contributed by atoms with Crippen LogP contribution in [0.3, 0.4) is 0 Å². The number of fused-ring (bicyclic) bond motifs is 1. The Morgan fingerprint density at radius 1 is 1.12 bits per heavy atom. The molecule has 0 aliphatic carbocycles. The van der Waals surface area contributed by atoms with E-state index in [9.17, 15) is 4.79 Å². The second-order valence-corrected chi connectivity index (χ2v) is 6.70. The summed E-state index contributed by atoms with van der Waals surface area (Å²) in [5.74, 6) is 0.541. The van der Waals surface area contributed by atoms with Crippen LogP contribution in [0.15, 0.2) is 59.8 Å². The van der Waals surface area contributed by atoms with Gasteiger partial charge in [0.05, 0.1) is 0 Å². The Kier molecular flexibility index (Phi) is 4.70. The van der Waals surface area contributed by atoms with Crippen LogP contribution in [0, 0.1) is 0 Å². The first kappa shape index (κ1) is 16.4. The van der Waals surface area contributed by atoms with Gasteiger partial charge in [-0.15, -0.1) is 0 Å². The Morgan fingerprint density at radius 3 is 2.81 bits per heavy atom. The molecular formula is C19H17N5OS. The molecule has 0 unspecified atom stereocenters. The number of hydrogen-bond donors (Lipinski definition) is 1. The molecule has 0 aliphatic heterocycles. The molecule has 4 aromatic rings. The summed E-state index contributed by atoms with van der Waals surface area (Å²) in [7, 11) is 0. The third-order valence-corrected chi connectivity index (χ3v) is 4.80. The number of rotatable bonds is 6. The second-order valence-electron chi connectivity index (χ2n) is 5.92. The normalized spacial score (nSPS) is 10.9. The van der Waals surface area contributed by atoms with E-state index in [0.29, 0.717) is 17.9 Å². The molecule has 0 bridgehead atoms. The van der Waals surface area contributed by atoms with E-state index in [-0.39, 0.29) is 5.91 Å². The number of amides is 1. The number of benzene rings is 1. The average molecular weight is 363 g/mol. The molecule has 0 radical (unpaired) electrons. The lowest BCUT2D eigenvalue weighted by molar-refractivity contribution is 0.0953. The lowest BCUT2D eigenvalue weighted by Gasteiger charge is -2.06. The molecule has 7 heteroatoms. The van der Waals surface area contributed by atoms with E-state index >= 15 is 0 Å². The molecule has 1 aromatic carbocycles. The van der Waals surface area contributed by atoms with Gasteiger partial charge in [0, 0.05) is 24.5 Å². The molecule has 1 amide bonds. The van der Waals surface area contributed by atoms with Gasteiger partial charge in [-0.2, -0.15) is 21.4 Å². The minimum Gasteiger partial charge on any atom is -0.352 e. The minimum absolute atomic E-state index is 0.0493. The van der Waals surface area contributed by atoms with E-state index in [0.717, 1.165) is 24.0 Å². The minimum atomic E-state index is -0.0493. The quantitative estimate of drug-likeness (QED) is 0.534. The largest absolute Gasteiger partial charge is 0.352 e. The fraction of sp³-hybridized carbons (Fsp3) is 0.158. The van der Waals surface area contributed by atoms with Gasteiger partial charge < -0.3 is 5.32 Å². The van der Waals surface area contributed by atoms with Crippen LogP contribution in [0.2, 0.25) is 0 Å². The highest BCUT2D eigenvalue weighted by Crippen LogP contribution is 2.22. The molecule has 0 atom stereocenters. The van der Waals surface area contributed by atoms with E-state index in [1.165, 1.54) is 11.9 Å². The van der Waals surface area contributed by atoms with Crippen molar-refractivity contribution in [3.8, 4) is 11.1 Å². The topological polar surface area (TPSA) is 72.2 Å². The Labute approximate surface area is 154 Å². The zero-order valence-electron chi connectivity index (χ0n) is 14.0. The molecule has 1 N–H and O–H groups in total. The van der Waals surface area contributed by atoms with Gasteiger partial charge >= 0.3 is 0 Å². The summed E-state index contributed by atoms with van der Waals surface area (Å²) in [5.41, 5.74) is 4.05. The predicted octanol–water partition coefficient (Wildman–Crippen LogP) is 3.22. The SMILES string of the molecule is O=C(NCCCc1cnc2ncnn2c1)c1ccc(-c2ccsc2)cc1. The lowest BCUT2D eigenvalue weighted by Crippen LogP contribution is -2.24. The van der Waals surface area contributed by atoms with Crippen LogP contribution < -0.4 is 5.32 Å². The second kappa shape index (κ2) is 7.45. The van der Waals surface area contributed by atoms with Gasteiger partial charge in [0.1, 0.15) is 6.33 Å². The fourth-order valence-electron chi connectivity index (χ4n) is 2.73. The van der Waals surface area contributed by atoms with Crippen molar-refractivity contribution in [3.05, 3.63) is 70.9 Å². The monoisotopic (exact) mass is 363 g/mol. The maximum atomic E-state index is 12.3. The van der Waals surface area contributed by atoms with Crippen molar-refractivity contribution < 1.29 is 4.79 Å². The lowest BCUT2D eigenvalue weighted by atomic mass is 10.1. The van der Waals surface area contributed by atoms with Crippen LogP contribution in [0.25, 0.3) is 16.9 Å². The van der Waals surface area contributed by atoms with Crippen LogP contribution >= 0.6 is 11.3 Å². The first-order valence-corrected chi connectivity index (χ1v) is 9.29. The van der Waals surface area contributed by atoms with Crippen LogP contribution in [0.1, 0.15) is 22.3 Å². The van der Waals surface area contributed by atoms with Gasteiger partial charge in [-0.1, -0.05) is 12.1 Å². The van der Waals surface area contributed by atoms with Crippen molar-refractivity contribution in [1.29, 1.82) is 0 Å². The van der Waals surface area contributed by atoms with Crippen LogP contribution in [0.4, 0.5) is 0 Å². The highest BCUT2D eigenvalue weighted by molar-refractivity contribution is 7.08. The first-order valence-electron chi connectivity index (χ1n) is 8.35. The highest BCUT2D eigenvalue weighted by Gasteiger charge is 2.06. The summed E-state index contributed by atoms with van der Waals surface area (Å²) in [6.45, 7) is 0.612. The Morgan fingerprint density at radius 2 is 2.00 bits per heavy atom. The molecule has 26 heavy (non-hydrogen) atoms. The zero-order chi connectivity index (χ0) is 17.8. The van der Waals surface area contributed by atoms with Crippen LogP contribution in [0.5, 0.6) is 0 Å². The maximum Gasteiger partial charge on any atom is 0.252 e. The van der Waals surface area contributed by atoms with Gasteiger partial charge in [0.2, 0.25) is 0 Å². The Hall–Kier alpha value is -3.06. The van der Waals surface area contributed by atoms with Crippen molar-refractivity contribution in [3.63, 3.8) is 0 Å². The van der Waals surface area contributed by atoms with Crippen molar-refractivity contribution in [2.75, 3.05) is 6.54 Å². The number of nitrogens with one attached hydrogen (secondary N) is 1. The number of carbonyl (C=O) groups excluding carboxylic acids is 1. The van der Waals surface area contributed by atoms with E-state index in [1.54, 1.807) is 22.0 Å². The number of hydrogen-bond acceptors (Lipinski definition) is 5. The van der Waals surface area contributed by atoms with Gasteiger partial charge in [-0.3, -0.25) is 4.79 Å². The van der Waals surface area contributed by atoms with E-state index < -0.39 is 0 Å². The number of aromatic nitrogens is 4. The highest BCUT2D eigenvalue weighted by atomic mass is 32.1. The molecule has 0 aliphatic rings. The van der Waals surface area contributed by atoms with Crippen molar-refractivity contribution in [2.45, 2.75) is 12.8 Å². The summed E-state index contributed by atoms with van der Waals surface area (Å²) >= 11 is 1.67. The molecule has 130 valence electrons. The summed E-state index contributed by atoms with van der Waals surface area (Å²) in [5, 5.41) is 11.2. The molecule has 0 saturated heterocycles. The smallest absolute Gasteiger partial charge is 0.252 e. The molecule has 0 saturated carbocycles. The molecule has 6 nitrogen and oxygen atoms in total. The standard InChI is InChI=1S/C19H17N5OS/c25-18(16-5-3-15(4-6-16)17-7-9-26-12-17)20-8-1-2-14-10-21-19-22-13-23-24(19)11-14/h3-7,9-13H,1-2,8H2,(H,20,25). The predicted molar refractivity (Wildman–Crippen MR) is 101 cm³/mol. The van der Waals surface area contributed by atoms with E-state index in [4.69, 9.17) is 0 Å².